The van der Waals surface area contributed by atoms with Gasteiger partial charge in [0, 0.05) is 23.2 Å². The maximum Gasteiger partial charge on any atom is 0.253 e. The first kappa shape index (κ1) is 19.9. The molecule has 2 aliphatic rings. The number of hydrogen-bond donors (Lipinski definition) is 4. The number of thiophene rings is 1. The third-order valence-electron chi connectivity index (χ3n) is 5.93. The molecule has 168 valence electrons. The lowest BCUT2D eigenvalue weighted by atomic mass is 10.2. The highest BCUT2D eigenvalue weighted by Gasteiger charge is 2.34. The Bertz CT molecular complexity index is 1370. The van der Waals surface area contributed by atoms with Gasteiger partial charge in [0.05, 0.1) is 34.1 Å². The number of pyridine rings is 1. The molecule has 0 saturated heterocycles. The second-order valence-electron chi connectivity index (χ2n) is 8.37. The fraction of sp³-hybridized carbons (Fsp3) is 0.273. The number of fused-ring (bicyclic) bond motifs is 1. The summed E-state index contributed by atoms with van der Waals surface area (Å²) in [4.78, 5) is 23.3. The van der Waals surface area contributed by atoms with E-state index in [1.165, 1.54) is 11.2 Å². The van der Waals surface area contributed by atoms with Crippen molar-refractivity contribution in [1.82, 2.24) is 40.8 Å². The minimum absolute atomic E-state index is 0.201. The molecule has 0 bridgehead atoms. The maximum atomic E-state index is 13.3. The highest BCUT2D eigenvalue weighted by atomic mass is 32.1. The minimum atomic E-state index is -0.310. The van der Waals surface area contributed by atoms with E-state index in [0.717, 1.165) is 40.4 Å². The number of hydrazine groups is 2. The number of H-pyrrole nitrogens is 1. The van der Waals surface area contributed by atoms with Crippen molar-refractivity contribution in [2.45, 2.75) is 32.7 Å². The van der Waals surface area contributed by atoms with Gasteiger partial charge in [0.25, 0.3) is 5.91 Å². The fourth-order valence-electron chi connectivity index (χ4n) is 4.07. The van der Waals surface area contributed by atoms with Crippen molar-refractivity contribution < 1.29 is 4.79 Å². The number of aromatic amines is 1. The van der Waals surface area contributed by atoms with Crippen LogP contribution in [0.25, 0.3) is 16.2 Å². The van der Waals surface area contributed by atoms with Crippen molar-refractivity contribution in [3.63, 3.8) is 0 Å². The summed E-state index contributed by atoms with van der Waals surface area (Å²) in [5, 5.41) is 12.8. The van der Waals surface area contributed by atoms with Crippen molar-refractivity contribution >= 4 is 28.6 Å². The smallest absolute Gasteiger partial charge is 0.253 e. The molecule has 4 aromatic rings. The van der Waals surface area contributed by atoms with Gasteiger partial charge in [-0.1, -0.05) is 0 Å². The molecule has 5 heterocycles. The van der Waals surface area contributed by atoms with Gasteiger partial charge in [-0.25, -0.2) is 4.98 Å². The topological polar surface area (TPSA) is 115 Å². The summed E-state index contributed by atoms with van der Waals surface area (Å²) in [6.07, 6.45) is 9.52. The number of anilines is 1. The number of imidazole rings is 1. The predicted octanol–water partition coefficient (Wildman–Crippen LogP) is 3.06. The average Bonchev–Trinajstić information content (AvgIpc) is 3.28. The Morgan fingerprint density at radius 1 is 1.33 bits per heavy atom. The molecule has 11 heteroatoms. The Hall–Kier alpha value is -3.70. The van der Waals surface area contributed by atoms with Crippen LogP contribution in [0.3, 0.4) is 0 Å². The summed E-state index contributed by atoms with van der Waals surface area (Å²) < 4.78 is 2.00. The van der Waals surface area contributed by atoms with Crippen molar-refractivity contribution in [3.8, 4) is 10.6 Å². The molecule has 1 saturated carbocycles. The second kappa shape index (κ2) is 7.71. The van der Waals surface area contributed by atoms with Gasteiger partial charge in [0.1, 0.15) is 12.0 Å². The number of allylic oxidation sites excluding steroid dienone is 1. The summed E-state index contributed by atoms with van der Waals surface area (Å²) in [7, 11) is 0. The summed E-state index contributed by atoms with van der Waals surface area (Å²) in [5.74, 6) is 0.908. The highest BCUT2D eigenvalue weighted by Crippen LogP contribution is 2.41. The Morgan fingerprint density at radius 2 is 2.21 bits per heavy atom. The largest absolute Gasteiger partial charge is 0.342 e. The van der Waals surface area contributed by atoms with Crippen LogP contribution in [0.4, 0.5) is 5.69 Å². The summed E-state index contributed by atoms with van der Waals surface area (Å²) in [6.45, 7) is 3.95. The number of carbonyl (C=O) groups is 1. The molecule has 1 aliphatic carbocycles. The minimum Gasteiger partial charge on any atom is -0.342 e. The van der Waals surface area contributed by atoms with Crippen LogP contribution < -0.4 is 21.3 Å². The number of aromatic nitrogens is 5. The lowest BCUT2D eigenvalue weighted by Crippen LogP contribution is -2.38. The fourth-order valence-corrected chi connectivity index (χ4v) is 4.94. The molecule has 6 rings (SSSR count). The molecule has 1 fully saturated rings. The number of nitrogens with one attached hydrogen (secondary N) is 4. The zero-order valence-electron chi connectivity index (χ0n) is 18.2. The summed E-state index contributed by atoms with van der Waals surface area (Å²) in [6, 6.07) is 5.75. The normalized spacial score (nSPS) is 16.7. The number of nitrogens with zero attached hydrogens (tertiary/aromatic N) is 5. The SMILES string of the molecule is Cc1ccc(-c2cnc3c(N4NNC=C4C4CC4)cc(C(=O)N[C@@H](C)c4nnc[nH]4)cn23)s1. The Morgan fingerprint density at radius 3 is 2.94 bits per heavy atom. The number of hydrogen-bond acceptors (Lipinski definition) is 8. The Kier molecular flexibility index (Phi) is 4.66. The van der Waals surface area contributed by atoms with Crippen LogP contribution in [0.15, 0.2) is 48.8 Å². The van der Waals surface area contributed by atoms with Crippen molar-refractivity contribution in [2.24, 2.45) is 5.92 Å². The molecule has 4 N–H and O–H groups in total. The van der Waals surface area contributed by atoms with E-state index in [4.69, 9.17) is 4.98 Å². The van der Waals surface area contributed by atoms with E-state index >= 15 is 0 Å². The van der Waals surface area contributed by atoms with E-state index in [1.807, 2.05) is 41.0 Å². The monoisotopic (exact) mass is 461 g/mol. The average molecular weight is 462 g/mol. The Balaban J connectivity index is 1.45. The first-order valence-corrected chi connectivity index (χ1v) is 11.7. The Labute approximate surface area is 193 Å². The third-order valence-corrected chi connectivity index (χ3v) is 6.95. The van der Waals surface area contributed by atoms with Gasteiger partial charge in [-0.2, -0.15) is 0 Å². The van der Waals surface area contributed by atoms with Crippen molar-refractivity contribution in [3.05, 3.63) is 65.1 Å². The van der Waals surface area contributed by atoms with Crippen LogP contribution in [-0.4, -0.2) is 30.5 Å². The van der Waals surface area contributed by atoms with Gasteiger partial charge in [-0.05, 0) is 44.9 Å². The number of amides is 1. The van der Waals surface area contributed by atoms with Crippen LogP contribution in [0.5, 0.6) is 0 Å². The van der Waals surface area contributed by atoms with Gasteiger partial charge >= 0.3 is 0 Å². The van der Waals surface area contributed by atoms with E-state index in [9.17, 15) is 4.79 Å². The lowest BCUT2D eigenvalue weighted by Gasteiger charge is -2.23. The number of rotatable bonds is 6. The second-order valence-corrected chi connectivity index (χ2v) is 9.65. The van der Waals surface area contributed by atoms with E-state index < -0.39 is 0 Å². The molecule has 0 aromatic carbocycles. The highest BCUT2D eigenvalue weighted by molar-refractivity contribution is 7.15. The van der Waals surface area contributed by atoms with Crippen molar-refractivity contribution in [2.75, 3.05) is 5.01 Å². The predicted molar refractivity (Wildman–Crippen MR) is 125 cm³/mol. The van der Waals surface area contributed by atoms with E-state index in [0.29, 0.717) is 17.3 Å². The molecule has 10 nitrogen and oxygen atoms in total. The quantitative estimate of drug-likeness (QED) is 0.349. The molecule has 1 aliphatic heterocycles. The molecule has 4 aromatic heterocycles. The molecular formula is C22H23N9OS. The van der Waals surface area contributed by atoms with Crippen LogP contribution in [0.2, 0.25) is 0 Å². The van der Waals surface area contributed by atoms with E-state index in [2.05, 4.69) is 50.5 Å². The van der Waals surface area contributed by atoms with Crippen LogP contribution >= 0.6 is 11.3 Å². The molecule has 1 atom stereocenters. The van der Waals surface area contributed by atoms with Crippen LogP contribution in [-0.2, 0) is 0 Å². The van der Waals surface area contributed by atoms with Gasteiger partial charge in [0.15, 0.2) is 11.5 Å². The molecule has 0 spiro atoms. The lowest BCUT2D eigenvalue weighted by molar-refractivity contribution is 0.0938. The van der Waals surface area contributed by atoms with Crippen molar-refractivity contribution in [1.29, 1.82) is 0 Å². The van der Waals surface area contributed by atoms with E-state index in [1.54, 1.807) is 11.3 Å². The summed E-state index contributed by atoms with van der Waals surface area (Å²) >= 11 is 1.70. The number of carbonyl (C=O) groups excluding carboxylic acids is 1. The summed E-state index contributed by atoms with van der Waals surface area (Å²) in [5.41, 5.74) is 10.5. The third kappa shape index (κ3) is 3.55. The molecule has 33 heavy (non-hydrogen) atoms. The van der Waals surface area contributed by atoms with E-state index in [-0.39, 0.29) is 11.9 Å². The maximum absolute atomic E-state index is 13.3. The molecule has 1 amide bonds. The van der Waals surface area contributed by atoms with Gasteiger partial charge in [-0.3, -0.25) is 14.2 Å². The number of aryl methyl sites for hydroxylation is 1. The standard InChI is InChI=1S/C22H23N9OS/c1-12-3-6-19(33-12)18-8-23-21-16(31-17(9-25-29-31)14-4-5-14)7-15(10-30(18)21)22(32)27-13(2)20-24-11-26-28-20/h3,6-11,13-14,25,29H,4-5H2,1-2H3,(H,27,32)(H,24,26,28)/t13-/m0/s1. The van der Waals surface area contributed by atoms with Crippen LogP contribution in [0, 0.1) is 12.8 Å². The molecule has 0 unspecified atom stereocenters. The zero-order chi connectivity index (χ0) is 22.5. The van der Waals surface area contributed by atoms with Gasteiger partial charge < -0.3 is 15.7 Å². The van der Waals surface area contributed by atoms with Crippen LogP contribution in [0.1, 0.15) is 46.9 Å². The zero-order valence-corrected chi connectivity index (χ0v) is 19.0. The first-order valence-electron chi connectivity index (χ1n) is 10.8. The first-order chi connectivity index (χ1) is 16.1. The van der Waals surface area contributed by atoms with Gasteiger partial charge in [0.2, 0.25) is 0 Å². The molecular weight excluding hydrogens is 438 g/mol. The van der Waals surface area contributed by atoms with Gasteiger partial charge in [-0.15, -0.1) is 27.1 Å². The molecule has 0 radical (unpaired) electrons.